The summed E-state index contributed by atoms with van der Waals surface area (Å²) in [5.41, 5.74) is 0.854. The van der Waals surface area contributed by atoms with E-state index in [4.69, 9.17) is 4.74 Å². The lowest BCUT2D eigenvalue weighted by Gasteiger charge is -2.32. The van der Waals surface area contributed by atoms with Crippen molar-refractivity contribution in [1.29, 1.82) is 0 Å². The quantitative estimate of drug-likeness (QED) is 0.612. The summed E-state index contributed by atoms with van der Waals surface area (Å²) in [7, 11) is -2.32. The number of likely N-dealkylation sites (tertiary alicyclic amines) is 1. The fourth-order valence-corrected chi connectivity index (χ4v) is 5.09. The van der Waals surface area contributed by atoms with Crippen LogP contribution < -0.4 is 0 Å². The van der Waals surface area contributed by atoms with Gasteiger partial charge in [-0.25, -0.2) is 8.42 Å². The number of nitrogens with zero attached hydrogens (tertiary/aromatic N) is 2. The van der Waals surface area contributed by atoms with Crippen LogP contribution in [0.3, 0.4) is 0 Å². The van der Waals surface area contributed by atoms with Gasteiger partial charge in [-0.15, -0.1) is 0 Å². The van der Waals surface area contributed by atoms with Gasteiger partial charge in [0.25, 0.3) is 0 Å². The minimum absolute atomic E-state index is 0.0139. The second-order valence-corrected chi connectivity index (χ2v) is 9.15. The van der Waals surface area contributed by atoms with E-state index in [9.17, 15) is 13.2 Å². The number of esters is 1. The summed E-state index contributed by atoms with van der Waals surface area (Å²) in [4.78, 5) is 14.5. The fourth-order valence-electron chi connectivity index (χ4n) is 3.34. The Morgan fingerprint density at radius 1 is 1.19 bits per heavy atom. The molecule has 146 valence electrons. The summed E-state index contributed by atoms with van der Waals surface area (Å²) in [6.45, 7) is 6.24. The second-order valence-electron chi connectivity index (χ2n) is 7.11. The lowest BCUT2D eigenvalue weighted by molar-refractivity contribution is -0.146. The molecule has 1 heterocycles. The number of carbonyl (C=O) groups excluding carboxylic acids is 1. The number of hydrogen-bond acceptors (Lipinski definition) is 5. The summed E-state index contributed by atoms with van der Waals surface area (Å²) in [5, 5.41) is 0. The van der Waals surface area contributed by atoms with Crippen LogP contribution in [0.1, 0.15) is 32.3 Å². The molecule has 1 aromatic rings. The van der Waals surface area contributed by atoms with Crippen LogP contribution in [0.4, 0.5) is 0 Å². The van der Waals surface area contributed by atoms with Crippen LogP contribution in [0.5, 0.6) is 0 Å². The Labute approximate surface area is 157 Å². The normalized spacial score (nSPS) is 17.0. The molecule has 0 bridgehead atoms. The Balaban J connectivity index is 2.26. The number of sulfonamides is 1. The van der Waals surface area contributed by atoms with Crippen molar-refractivity contribution < 1.29 is 17.9 Å². The molecule has 0 radical (unpaired) electrons. The average Bonchev–Trinajstić information content (AvgIpc) is 3.13. The molecule has 0 unspecified atom stereocenters. The topological polar surface area (TPSA) is 66.9 Å². The Morgan fingerprint density at radius 2 is 1.81 bits per heavy atom. The molecule has 2 rings (SSSR count). The zero-order chi connectivity index (χ0) is 19.2. The molecule has 6 nitrogen and oxygen atoms in total. The third-order valence-corrected chi connectivity index (χ3v) is 6.56. The zero-order valence-corrected chi connectivity index (χ0v) is 16.7. The van der Waals surface area contributed by atoms with E-state index >= 15 is 0 Å². The van der Waals surface area contributed by atoms with Crippen molar-refractivity contribution in [2.45, 2.75) is 39.3 Å². The van der Waals surface area contributed by atoms with Crippen LogP contribution in [0.2, 0.25) is 0 Å². The van der Waals surface area contributed by atoms with Gasteiger partial charge in [0.15, 0.2) is 0 Å². The van der Waals surface area contributed by atoms with Crippen molar-refractivity contribution >= 4 is 16.0 Å². The van der Waals surface area contributed by atoms with E-state index in [1.165, 1.54) is 11.4 Å². The van der Waals surface area contributed by atoms with Crippen molar-refractivity contribution in [2.24, 2.45) is 5.92 Å². The summed E-state index contributed by atoms with van der Waals surface area (Å²) in [5.74, 6) is -0.687. The fraction of sp³-hybridized carbons (Fsp3) is 0.632. The van der Waals surface area contributed by atoms with Gasteiger partial charge in [-0.3, -0.25) is 4.79 Å². The molecule has 0 saturated carbocycles. The summed E-state index contributed by atoms with van der Waals surface area (Å²) in [6.07, 6.45) is 2.23. The molecule has 1 aliphatic rings. The highest BCUT2D eigenvalue weighted by atomic mass is 32.2. The van der Waals surface area contributed by atoms with Crippen LogP contribution in [0, 0.1) is 5.92 Å². The SMILES string of the molecule is COC(=O)[C@H](C(C)C)N(Cc1ccccc1)S(=O)(=O)CCN1CCCC1. The maximum Gasteiger partial charge on any atom is 0.324 e. The molecule has 0 N–H and O–H groups in total. The van der Waals surface area contributed by atoms with Crippen molar-refractivity contribution in [3.63, 3.8) is 0 Å². The van der Waals surface area contributed by atoms with Gasteiger partial charge in [-0.1, -0.05) is 44.2 Å². The number of carbonyl (C=O) groups is 1. The molecule has 0 spiro atoms. The minimum Gasteiger partial charge on any atom is -0.468 e. The molecule has 1 saturated heterocycles. The van der Waals surface area contributed by atoms with Crippen LogP contribution in [0.15, 0.2) is 30.3 Å². The van der Waals surface area contributed by atoms with Crippen molar-refractivity contribution in [2.75, 3.05) is 32.5 Å². The van der Waals surface area contributed by atoms with E-state index in [0.717, 1.165) is 31.5 Å². The van der Waals surface area contributed by atoms with Crippen molar-refractivity contribution in [3.8, 4) is 0 Å². The molecule has 0 aromatic heterocycles. The van der Waals surface area contributed by atoms with Crippen LogP contribution >= 0.6 is 0 Å². The first-order valence-electron chi connectivity index (χ1n) is 9.19. The van der Waals surface area contributed by atoms with Gasteiger partial charge < -0.3 is 9.64 Å². The first kappa shape index (κ1) is 20.9. The Morgan fingerprint density at radius 3 is 2.35 bits per heavy atom. The largest absolute Gasteiger partial charge is 0.468 e. The molecular weight excluding hydrogens is 352 g/mol. The molecule has 1 atom stereocenters. The first-order valence-corrected chi connectivity index (χ1v) is 10.8. The van der Waals surface area contributed by atoms with E-state index < -0.39 is 22.0 Å². The monoisotopic (exact) mass is 382 g/mol. The third kappa shape index (κ3) is 5.53. The molecule has 0 aliphatic carbocycles. The van der Waals surface area contributed by atoms with Crippen molar-refractivity contribution in [3.05, 3.63) is 35.9 Å². The number of hydrogen-bond donors (Lipinski definition) is 0. The predicted molar refractivity (Wildman–Crippen MR) is 102 cm³/mol. The number of benzene rings is 1. The predicted octanol–water partition coefficient (Wildman–Crippen LogP) is 2.11. The van der Waals surface area contributed by atoms with E-state index in [2.05, 4.69) is 4.90 Å². The van der Waals surface area contributed by atoms with Gasteiger partial charge in [0, 0.05) is 13.1 Å². The van der Waals surface area contributed by atoms with Gasteiger partial charge >= 0.3 is 5.97 Å². The molecule has 26 heavy (non-hydrogen) atoms. The smallest absolute Gasteiger partial charge is 0.324 e. The molecule has 7 heteroatoms. The molecule has 0 amide bonds. The zero-order valence-electron chi connectivity index (χ0n) is 15.9. The Bertz CT molecular complexity index is 670. The molecule has 1 aromatic carbocycles. The molecule has 1 fully saturated rings. The van der Waals surface area contributed by atoms with Gasteiger partial charge in [0.2, 0.25) is 10.0 Å². The minimum atomic E-state index is -3.62. The van der Waals surface area contributed by atoms with Gasteiger partial charge in [-0.2, -0.15) is 4.31 Å². The van der Waals surface area contributed by atoms with Gasteiger partial charge in [-0.05, 0) is 37.4 Å². The van der Waals surface area contributed by atoms with E-state index in [1.54, 1.807) is 0 Å². The number of ether oxygens (including phenoxy) is 1. The summed E-state index contributed by atoms with van der Waals surface area (Å²) in [6, 6.07) is 8.54. The Kier molecular flexibility index (Phi) is 7.61. The van der Waals surface area contributed by atoms with Gasteiger partial charge in [0.05, 0.1) is 12.9 Å². The Hall–Kier alpha value is -1.44. The van der Waals surface area contributed by atoms with E-state index in [1.807, 2.05) is 44.2 Å². The van der Waals surface area contributed by atoms with Crippen LogP contribution in [0.25, 0.3) is 0 Å². The van der Waals surface area contributed by atoms with E-state index in [-0.39, 0.29) is 18.2 Å². The summed E-state index contributed by atoms with van der Waals surface area (Å²) >= 11 is 0. The van der Waals surface area contributed by atoms with Crippen LogP contribution in [-0.2, 0) is 26.1 Å². The molecular formula is C19H30N2O4S. The van der Waals surface area contributed by atoms with Crippen molar-refractivity contribution in [1.82, 2.24) is 9.21 Å². The average molecular weight is 383 g/mol. The van der Waals surface area contributed by atoms with Crippen LogP contribution in [-0.4, -0.2) is 62.1 Å². The maximum atomic E-state index is 13.1. The molecule has 1 aliphatic heterocycles. The lowest BCUT2D eigenvalue weighted by atomic mass is 10.0. The first-order chi connectivity index (χ1) is 12.3. The lowest BCUT2D eigenvalue weighted by Crippen LogP contribution is -2.49. The second kappa shape index (κ2) is 9.48. The highest BCUT2D eigenvalue weighted by Gasteiger charge is 2.37. The maximum absolute atomic E-state index is 13.1. The number of methoxy groups -OCH3 is 1. The summed E-state index contributed by atoms with van der Waals surface area (Å²) < 4.78 is 32.5. The highest BCUT2D eigenvalue weighted by molar-refractivity contribution is 7.89. The third-order valence-electron chi connectivity index (χ3n) is 4.79. The van der Waals surface area contributed by atoms with E-state index in [0.29, 0.717) is 6.54 Å². The standard InChI is InChI=1S/C19H30N2O4S/c1-16(2)18(19(22)25-3)21(15-17-9-5-4-6-10-17)26(23,24)14-13-20-11-7-8-12-20/h4-6,9-10,16,18H,7-8,11-15H2,1-3H3/t18-/m0/s1. The number of rotatable bonds is 9. The highest BCUT2D eigenvalue weighted by Crippen LogP contribution is 2.21. The van der Waals surface area contributed by atoms with Gasteiger partial charge in [0.1, 0.15) is 6.04 Å².